The molecule has 0 amide bonds. The van der Waals surface area contributed by atoms with Crippen LogP contribution in [0.5, 0.6) is 0 Å². The minimum atomic E-state index is -7.88. The molecule has 30 heavy (non-hydrogen) atoms. The van der Waals surface area contributed by atoms with E-state index in [9.17, 15) is 69.2 Å². The van der Waals surface area contributed by atoms with E-state index in [2.05, 4.69) is 6.58 Å². The maximum atomic E-state index is 14.2. The number of rotatable bonds is 5. The summed E-state index contributed by atoms with van der Waals surface area (Å²) in [5, 5.41) is -4.17. The molecule has 0 aromatic carbocycles. The Morgan fingerprint density at radius 1 is 0.667 bits per heavy atom. The largest absolute Gasteiger partial charge is 0.499 e. The van der Waals surface area contributed by atoms with Crippen molar-refractivity contribution >= 4 is 29.5 Å². The molecule has 0 aliphatic heterocycles. The van der Waals surface area contributed by atoms with Gasteiger partial charge in [-0.2, -0.15) is 26.3 Å². The lowest BCUT2D eigenvalue weighted by Gasteiger charge is -2.39. The standard InChI is InChI=1S/C11H10F10O6S3/c1-2-3-4(12)6(14)8(7(15)5(3)13)28(22,23)9(29(24,25)10(16,17)18)30(26,27)11(19,20)21/h2-9H,1H2. The maximum absolute atomic E-state index is 14.2. The zero-order valence-electron chi connectivity index (χ0n) is 13.8. The van der Waals surface area contributed by atoms with Crippen molar-refractivity contribution in [2.45, 2.75) is 44.9 Å². The molecule has 0 spiro atoms. The summed E-state index contributed by atoms with van der Waals surface area (Å²) in [4.78, 5) is 0. The van der Waals surface area contributed by atoms with Gasteiger partial charge in [0.2, 0.25) is 0 Å². The molecule has 1 saturated carbocycles. The number of allylic oxidation sites excluding steroid dienone is 1. The highest BCUT2D eigenvalue weighted by molar-refractivity contribution is 8.24. The van der Waals surface area contributed by atoms with Crippen LogP contribution in [0.3, 0.4) is 0 Å². The molecule has 19 heteroatoms. The Kier molecular flexibility index (Phi) is 6.99. The average Bonchev–Trinajstić information content (AvgIpc) is 2.50. The predicted molar refractivity (Wildman–Crippen MR) is 79.7 cm³/mol. The first-order valence-corrected chi connectivity index (χ1v) is 11.8. The lowest BCUT2D eigenvalue weighted by atomic mass is 9.83. The summed E-state index contributed by atoms with van der Waals surface area (Å²) in [6, 6.07) is 0. The van der Waals surface area contributed by atoms with Crippen molar-refractivity contribution in [3.8, 4) is 0 Å². The second-order valence-corrected chi connectivity index (χ2v) is 13.1. The monoisotopic (exact) mass is 524 g/mol. The van der Waals surface area contributed by atoms with E-state index in [0.717, 1.165) is 0 Å². The second-order valence-electron chi connectivity index (χ2n) is 5.91. The van der Waals surface area contributed by atoms with Gasteiger partial charge in [0.15, 0.2) is 22.2 Å². The first kappa shape index (κ1) is 26.9. The number of halogens is 10. The molecule has 1 aliphatic carbocycles. The Bertz CT molecular complexity index is 924. The molecule has 0 aromatic heterocycles. The highest BCUT2D eigenvalue weighted by atomic mass is 32.3. The average molecular weight is 524 g/mol. The Morgan fingerprint density at radius 3 is 1.20 bits per heavy atom. The van der Waals surface area contributed by atoms with Gasteiger partial charge in [0.1, 0.15) is 17.6 Å². The van der Waals surface area contributed by atoms with Crippen LogP contribution in [-0.2, 0) is 29.5 Å². The minimum absolute atomic E-state index is 0.230. The Balaban J connectivity index is 3.92. The van der Waals surface area contributed by atoms with E-state index in [-0.39, 0.29) is 6.08 Å². The molecule has 0 saturated heterocycles. The van der Waals surface area contributed by atoms with Crippen molar-refractivity contribution in [3.05, 3.63) is 12.7 Å². The molecular weight excluding hydrogens is 514 g/mol. The van der Waals surface area contributed by atoms with Crippen LogP contribution in [0.1, 0.15) is 0 Å². The van der Waals surface area contributed by atoms with E-state index in [1.54, 1.807) is 0 Å². The Hall–Kier alpha value is -1.11. The van der Waals surface area contributed by atoms with Crippen molar-refractivity contribution in [1.29, 1.82) is 0 Å². The summed E-state index contributed by atoms with van der Waals surface area (Å²) in [6.45, 7) is 2.77. The van der Waals surface area contributed by atoms with E-state index in [1.165, 1.54) is 0 Å². The lowest BCUT2D eigenvalue weighted by molar-refractivity contribution is -0.0464. The summed E-state index contributed by atoms with van der Waals surface area (Å²) < 4.78 is 197. The lowest BCUT2D eigenvalue weighted by Crippen LogP contribution is -2.62. The fourth-order valence-electron chi connectivity index (χ4n) is 2.63. The van der Waals surface area contributed by atoms with E-state index in [4.69, 9.17) is 0 Å². The third kappa shape index (κ3) is 4.03. The smallest absolute Gasteiger partial charge is 0.243 e. The number of alkyl halides is 10. The quantitative estimate of drug-likeness (QED) is 0.403. The van der Waals surface area contributed by atoms with Gasteiger partial charge in [0.25, 0.3) is 23.6 Å². The molecule has 178 valence electrons. The third-order valence-corrected chi connectivity index (χ3v) is 12.8. The van der Waals surface area contributed by atoms with Crippen LogP contribution in [0.15, 0.2) is 12.7 Å². The summed E-state index contributed by atoms with van der Waals surface area (Å²) in [7, 11) is -23.0. The highest BCUT2D eigenvalue weighted by Crippen LogP contribution is 2.45. The van der Waals surface area contributed by atoms with Crippen LogP contribution in [0, 0.1) is 5.92 Å². The van der Waals surface area contributed by atoms with Crippen LogP contribution < -0.4 is 0 Å². The molecule has 4 atom stereocenters. The summed E-state index contributed by atoms with van der Waals surface area (Å²) >= 11 is 0. The Morgan fingerprint density at radius 2 is 0.967 bits per heavy atom. The fourth-order valence-corrected chi connectivity index (χ4v) is 10.6. The van der Waals surface area contributed by atoms with Gasteiger partial charge in [-0.1, -0.05) is 6.08 Å². The van der Waals surface area contributed by atoms with Crippen LogP contribution in [0.25, 0.3) is 0 Å². The summed E-state index contributed by atoms with van der Waals surface area (Å²) in [5.74, 6) is -2.46. The van der Waals surface area contributed by atoms with Gasteiger partial charge in [-0.15, -0.1) is 6.58 Å². The molecule has 0 bridgehead atoms. The molecule has 6 nitrogen and oxygen atoms in total. The SMILES string of the molecule is C=CC1C(F)C(F)C(S(=O)(=O)C(S(=O)(=O)C(F)(F)F)S(=O)(=O)C(F)(F)F)C(F)C1F. The summed E-state index contributed by atoms with van der Waals surface area (Å²) in [6.07, 6.45) is -14.5. The first-order chi connectivity index (χ1) is 13.1. The minimum Gasteiger partial charge on any atom is -0.243 e. The second kappa shape index (κ2) is 7.79. The topological polar surface area (TPSA) is 102 Å². The highest BCUT2D eigenvalue weighted by Gasteiger charge is 2.71. The zero-order valence-corrected chi connectivity index (χ0v) is 16.2. The van der Waals surface area contributed by atoms with E-state index in [0.29, 0.717) is 0 Å². The number of sulfone groups is 3. The van der Waals surface area contributed by atoms with Gasteiger partial charge in [-0.25, -0.2) is 42.8 Å². The Labute approximate surface area is 162 Å². The van der Waals surface area contributed by atoms with E-state index >= 15 is 0 Å². The van der Waals surface area contributed by atoms with Crippen molar-refractivity contribution in [1.82, 2.24) is 0 Å². The molecule has 4 unspecified atom stereocenters. The van der Waals surface area contributed by atoms with E-state index < -0.39 is 80.3 Å². The van der Waals surface area contributed by atoms with Crippen LogP contribution in [-0.4, -0.2) is 70.1 Å². The molecule has 0 N–H and O–H groups in total. The van der Waals surface area contributed by atoms with Gasteiger partial charge in [0.05, 0.1) is 0 Å². The molecule has 1 fully saturated rings. The van der Waals surface area contributed by atoms with Crippen molar-refractivity contribution < 1.29 is 69.2 Å². The van der Waals surface area contributed by atoms with Crippen molar-refractivity contribution in [3.63, 3.8) is 0 Å². The number of hydrogen-bond donors (Lipinski definition) is 0. The van der Waals surface area contributed by atoms with Gasteiger partial charge in [0, 0.05) is 5.92 Å². The van der Waals surface area contributed by atoms with Crippen molar-refractivity contribution in [2.24, 2.45) is 5.92 Å². The van der Waals surface area contributed by atoms with Crippen LogP contribution >= 0.6 is 0 Å². The predicted octanol–water partition coefficient (Wildman–Crippen LogP) is 2.09. The summed E-state index contributed by atoms with van der Waals surface area (Å²) in [5.41, 5.74) is -14.0. The molecule has 1 aliphatic rings. The molecule has 0 aromatic rings. The molecule has 1 rings (SSSR count). The normalized spacial score (nSPS) is 32.2. The molecule has 0 heterocycles. The van der Waals surface area contributed by atoms with Gasteiger partial charge < -0.3 is 0 Å². The van der Waals surface area contributed by atoms with Gasteiger partial charge >= 0.3 is 11.0 Å². The van der Waals surface area contributed by atoms with Crippen LogP contribution in [0.2, 0.25) is 0 Å². The number of hydrogen-bond acceptors (Lipinski definition) is 6. The van der Waals surface area contributed by atoms with Gasteiger partial charge in [-0.3, -0.25) is 0 Å². The molecular formula is C11H10F10O6S3. The first-order valence-electron chi connectivity index (χ1n) is 7.10. The van der Waals surface area contributed by atoms with E-state index in [1.807, 2.05) is 0 Å². The fraction of sp³-hybridized carbons (Fsp3) is 0.818. The van der Waals surface area contributed by atoms with Crippen molar-refractivity contribution in [2.75, 3.05) is 0 Å². The van der Waals surface area contributed by atoms with Crippen LogP contribution in [0.4, 0.5) is 43.9 Å². The zero-order chi connectivity index (χ0) is 24.2. The molecule has 0 radical (unpaired) electrons. The maximum Gasteiger partial charge on any atom is 0.499 e. The third-order valence-electron chi connectivity index (χ3n) is 4.04. The van der Waals surface area contributed by atoms with Gasteiger partial charge in [-0.05, 0) is 0 Å².